The van der Waals surface area contributed by atoms with Crippen LogP contribution in [-0.2, 0) is 14.4 Å². The van der Waals surface area contributed by atoms with Crippen LogP contribution in [-0.4, -0.2) is 36.0 Å². The van der Waals surface area contributed by atoms with E-state index < -0.39 is 18.0 Å². The summed E-state index contributed by atoms with van der Waals surface area (Å²) in [6.07, 6.45) is 0.841. The number of anilines is 1. The molecule has 0 aliphatic rings. The standard InChI is InChI=1S/C18H26N2O5/c1-12-10-13(25-11-16(22)23)7-8-14(12)20-15(21)6-5-9-19-17(24)18(2,3)4/h7-8,10H,5-6,9,11H2,1-4H3,(H,19,24)(H,20,21)(H,22,23). The van der Waals surface area contributed by atoms with Gasteiger partial charge < -0.3 is 20.5 Å². The summed E-state index contributed by atoms with van der Waals surface area (Å²) in [5, 5.41) is 14.2. The monoisotopic (exact) mass is 350 g/mol. The average molecular weight is 350 g/mol. The third-order valence-corrected chi connectivity index (χ3v) is 3.38. The number of carbonyl (C=O) groups excluding carboxylic acids is 2. The number of hydrogen-bond donors (Lipinski definition) is 3. The quantitative estimate of drug-likeness (QED) is 0.624. The van der Waals surface area contributed by atoms with Gasteiger partial charge in [-0.05, 0) is 37.1 Å². The number of carboxylic acids is 1. The summed E-state index contributed by atoms with van der Waals surface area (Å²) >= 11 is 0. The lowest BCUT2D eigenvalue weighted by atomic mass is 9.96. The molecule has 0 radical (unpaired) electrons. The fourth-order valence-corrected chi connectivity index (χ4v) is 1.94. The second-order valence-electron chi connectivity index (χ2n) is 6.82. The van der Waals surface area contributed by atoms with Crippen molar-refractivity contribution in [1.29, 1.82) is 0 Å². The van der Waals surface area contributed by atoms with Crippen molar-refractivity contribution in [2.75, 3.05) is 18.5 Å². The lowest BCUT2D eigenvalue weighted by Gasteiger charge is -2.17. The molecule has 0 atom stereocenters. The normalized spacial score (nSPS) is 10.9. The second kappa shape index (κ2) is 9.05. The van der Waals surface area contributed by atoms with E-state index in [2.05, 4.69) is 10.6 Å². The van der Waals surface area contributed by atoms with Crippen LogP contribution in [0.1, 0.15) is 39.2 Å². The highest BCUT2D eigenvalue weighted by atomic mass is 16.5. The van der Waals surface area contributed by atoms with Gasteiger partial charge in [0.2, 0.25) is 11.8 Å². The van der Waals surface area contributed by atoms with Crippen LogP contribution in [0.3, 0.4) is 0 Å². The Balaban J connectivity index is 2.41. The van der Waals surface area contributed by atoms with E-state index in [4.69, 9.17) is 9.84 Å². The van der Waals surface area contributed by atoms with Crippen molar-refractivity contribution < 1.29 is 24.2 Å². The minimum Gasteiger partial charge on any atom is -0.482 e. The maximum absolute atomic E-state index is 12.0. The summed E-state index contributed by atoms with van der Waals surface area (Å²) < 4.78 is 5.09. The van der Waals surface area contributed by atoms with Gasteiger partial charge in [0.25, 0.3) is 0 Å². The first-order valence-corrected chi connectivity index (χ1v) is 8.13. The highest BCUT2D eigenvalue weighted by Crippen LogP contribution is 2.21. The summed E-state index contributed by atoms with van der Waals surface area (Å²) in [6.45, 7) is 7.34. The molecule has 1 aromatic rings. The van der Waals surface area contributed by atoms with E-state index in [1.54, 1.807) is 25.1 Å². The number of hydrogen-bond acceptors (Lipinski definition) is 4. The van der Waals surface area contributed by atoms with Crippen LogP contribution in [0, 0.1) is 12.3 Å². The van der Waals surface area contributed by atoms with Crippen molar-refractivity contribution in [3.8, 4) is 5.75 Å². The molecular formula is C18H26N2O5. The second-order valence-corrected chi connectivity index (χ2v) is 6.82. The van der Waals surface area contributed by atoms with Crippen LogP contribution < -0.4 is 15.4 Å². The molecule has 0 saturated carbocycles. The Labute approximate surface area is 147 Å². The van der Waals surface area contributed by atoms with E-state index in [-0.39, 0.29) is 11.8 Å². The first-order valence-electron chi connectivity index (χ1n) is 8.13. The summed E-state index contributed by atoms with van der Waals surface area (Å²) in [5.41, 5.74) is 0.979. The topological polar surface area (TPSA) is 105 Å². The van der Waals surface area contributed by atoms with E-state index in [0.29, 0.717) is 30.8 Å². The molecule has 3 N–H and O–H groups in total. The molecule has 0 aliphatic heterocycles. The van der Waals surface area contributed by atoms with Gasteiger partial charge in [-0.1, -0.05) is 20.8 Å². The molecule has 0 unspecified atom stereocenters. The molecular weight excluding hydrogens is 324 g/mol. The fourth-order valence-electron chi connectivity index (χ4n) is 1.94. The van der Waals surface area contributed by atoms with Crippen molar-refractivity contribution in [2.45, 2.75) is 40.5 Å². The lowest BCUT2D eigenvalue weighted by Crippen LogP contribution is -2.35. The maximum Gasteiger partial charge on any atom is 0.341 e. The van der Waals surface area contributed by atoms with Crippen LogP contribution in [0.4, 0.5) is 5.69 Å². The van der Waals surface area contributed by atoms with Crippen LogP contribution in [0.5, 0.6) is 5.75 Å². The highest BCUT2D eigenvalue weighted by Gasteiger charge is 2.20. The lowest BCUT2D eigenvalue weighted by molar-refractivity contribution is -0.139. The molecule has 138 valence electrons. The Morgan fingerprint density at radius 2 is 1.88 bits per heavy atom. The van der Waals surface area contributed by atoms with Gasteiger partial charge in [-0.2, -0.15) is 0 Å². The van der Waals surface area contributed by atoms with Crippen LogP contribution in [0.25, 0.3) is 0 Å². The molecule has 0 spiro atoms. The summed E-state index contributed by atoms with van der Waals surface area (Å²) in [7, 11) is 0. The number of aliphatic carboxylic acids is 1. The number of aryl methyl sites for hydroxylation is 1. The zero-order valence-electron chi connectivity index (χ0n) is 15.1. The van der Waals surface area contributed by atoms with Gasteiger partial charge >= 0.3 is 5.97 Å². The van der Waals surface area contributed by atoms with Gasteiger partial charge in [-0.15, -0.1) is 0 Å². The van der Waals surface area contributed by atoms with Crippen molar-refractivity contribution >= 4 is 23.5 Å². The zero-order valence-corrected chi connectivity index (χ0v) is 15.1. The van der Waals surface area contributed by atoms with E-state index in [9.17, 15) is 14.4 Å². The van der Waals surface area contributed by atoms with E-state index >= 15 is 0 Å². The van der Waals surface area contributed by atoms with E-state index in [0.717, 1.165) is 5.56 Å². The largest absolute Gasteiger partial charge is 0.482 e. The number of rotatable bonds is 8. The van der Waals surface area contributed by atoms with E-state index in [1.807, 2.05) is 20.8 Å². The molecule has 25 heavy (non-hydrogen) atoms. The molecule has 0 heterocycles. The molecule has 0 aromatic heterocycles. The molecule has 2 amide bonds. The number of ether oxygens (including phenoxy) is 1. The smallest absolute Gasteiger partial charge is 0.341 e. The third kappa shape index (κ3) is 7.69. The SMILES string of the molecule is Cc1cc(OCC(=O)O)ccc1NC(=O)CCCNC(=O)C(C)(C)C. The Morgan fingerprint density at radius 3 is 2.44 bits per heavy atom. The number of amides is 2. The van der Waals surface area contributed by atoms with Crippen molar-refractivity contribution in [2.24, 2.45) is 5.41 Å². The number of nitrogens with one attached hydrogen (secondary N) is 2. The van der Waals surface area contributed by atoms with Crippen molar-refractivity contribution in [1.82, 2.24) is 5.32 Å². The first-order chi connectivity index (χ1) is 11.6. The molecule has 7 nitrogen and oxygen atoms in total. The summed E-state index contributed by atoms with van der Waals surface area (Å²) in [5.74, 6) is -0.801. The fraction of sp³-hybridized carbons (Fsp3) is 0.500. The zero-order chi connectivity index (χ0) is 19.0. The summed E-state index contributed by atoms with van der Waals surface area (Å²) in [4.78, 5) is 34.2. The van der Waals surface area contributed by atoms with E-state index in [1.165, 1.54) is 0 Å². The molecule has 0 aliphatic carbocycles. The molecule has 0 saturated heterocycles. The third-order valence-electron chi connectivity index (χ3n) is 3.38. The Kier molecular flexibility index (Phi) is 7.42. The average Bonchev–Trinajstić information content (AvgIpc) is 2.50. The van der Waals surface area contributed by atoms with Gasteiger partial charge in [0, 0.05) is 24.1 Å². The predicted molar refractivity (Wildman–Crippen MR) is 94.6 cm³/mol. The van der Waals surface area contributed by atoms with Crippen molar-refractivity contribution in [3.63, 3.8) is 0 Å². The Bertz CT molecular complexity index is 635. The number of carboxylic acid groups (broad SMARTS) is 1. The van der Waals surface area contributed by atoms with Gasteiger partial charge in [0.15, 0.2) is 6.61 Å². The Morgan fingerprint density at radius 1 is 1.20 bits per heavy atom. The molecule has 7 heteroatoms. The number of carbonyl (C=O) groups is 3. The summed E-state index contributed by atoms with van der Waals surface area (Å²) in [6, 6.07) is 4.95. The Hall–Kier alpha value is -2.57. The molecule has 0 bridgehead atoms. The van der Waals surface area contributed by atoms with Crippen LogP contribution in [0.15, 0.2) is 18.2 Å². The number of benzene rings is 1. The van der Waals surface area contributed by atoms with Crippen molar-refractivity contribution in [3.05, 3.63) is 23.8 Å². The minimum absolute atomic E-state index is 0.0410. The predicted octanol–water partition coefficient (Wildman–Crippen LogP) is 2.34. The van der Waals surface area contributed by atoms with Gasteiger partial charge in [0.05, 0.1) is 0 Å². The van der Waals surface area contributed by atoms with Crippen LogP contribution >= 0.6 is 0 Å². The van der Waals surface area contributed by atoms with Gasteiger partial charge in [-0.3, -0.25) is 9.59 Å². The molecule has 1 rings (SSSR count). The molecule has 1 aromatic carbocycles. The van der Waals surface area contributed by atoms with Gasteiger partial charge in [-0.25, -0.2) is 4.79 Å². The first kappa shape index (κ1) is 20.5. The maximum atomic E-state index is 12.0. The van der Waals surface area contributed by atoms with Gasteiger partial charge in [0.1, 0.15) is 5.75 Å². The molecule has 0 fully saturated rings. The van der Waals surface area contributed by atoms with Crippen LogP contribution in [0.2, 0.25) is 0 Å². The minimum atomic E-state index is -1.05. The highest BCUT2D eigenvalue weighted by molar-refractivity contribution is 5.91.